The number of likely N-dealkylation sites (tertiary alicyclic amines) is 1. The fourth-order valence-electron chi connectivity index (χ4n) is 5.62. The summed E-state index contributed by atoms with van der Waals surface area (Å²) in [6, 6.07) is 5.04. The van der Waals surface area contributed by atoms with Crippen molar-refractivity contribution in [1.82, 2.24) is 19.5 Å². The second-order valence-electron chi connectivity index (χ2n) is 10.0. The summed E-state index contributed by atoms with van der Waals surface area (Å²) >= 11 is 0. The molecule has 0 spiro atoms. The highest BCUT2D eigenvalue weighted by Gasteiger charge is 2.47. The lowest BCUT2D eigenvalue weighted by Gasteiger charge is -2.36. The van der Waals surface area contributed by atoms with Crippen molar-refractivity contribution in [2.45, 2.75) is 43.6 Å². The first kappa shape index (κ1) is 23.0. The van der Waals surface area contributed by atoms with E-state index >= 15 is 0 Å². The minimum atomic E-state index is -4.24. The van der Waals surface area contributed by atoms with Crippen molar-refractivity contribution in [3.63, 3.8) is 0 Å². The van der Waals surface area contributed by atoms with Crippen molar-refractivity contribution < 1.29 is 27.8 Å². The third-order valence-corrected chi connectivity index (χ3v) is 7.25. The number of aromatic nitrogens is 3. The molecule has 2 saturated heterocycles. The number of carbonyl (C=O) groups excluding carboxylic acids is 1. The van der Waals surface area contributed by atoms with Crippen LogP contribution in [0.5, 0.6) is 5.75 Å². The molecular weight excluding hydrogens is 477 g/mol. The first-order valence-corrected chi connectivity index (χ1v) is 11.8. The SMILES string of the molecule is C[C@]1(CO)Cc2cc(NC(=O)c3cnn4cccnc34)c(N3C[C@H]4C[C@@H]3CN4CC(F)(F)F)cc2O1. The van der Waals surface area contributed by atoms with Gasteiger partial charge in [0.15, 0.2) is 5.65 Å². The van der Waals surface area contributed by atoms with E-state index in [-0.39, 0.29) is 18.7 Å². The monoisotopic (exact) mass is 502 g/mol. The van der Waals surface area contributed by atoms with E-state index in [0.717, 1.165) is 5.56 Å². The van der Waals surface area contributed by atoms with Crippen molar-refractivity contribution in [3.05, 3.63) is 47.9 Å². The Hall–Kier alpha value is -3.38. The van der Waals surface area contributed by atoms with Gasteiger partial charge in [0.2, 0.25) is 0 Å². The number of nitrogens with zero attached hydrogens (tertiary/aromatic N) is 5. The summed E-state index contributed by atoms with van der Waals surface area (Å²) in [4.78, 5) is 21.1. The van der Waals surface area contributed by atoms with Crippen molar-refractivity contribution in [2.75, 3.05) is 36.5 Å². The molecule has 3 aliphatic rings. The zero-order valence-corrected chi connectivity index (χ0v) is 19.5. The van der Waals surface area contributed by atoms with Gasteiger partial charge in [-0.15, -0.1) is 0 Å². The van der Waals surface area contributed by atoms with Crippen molar-refractivity contribution in [3.8, 4) is 5.75 Å². The van der Waals surface area contributed by atoms with Gasteiger partial charge in [-0.1, -0.05) is 0 Å². The number of aliphatic hydroxyl groups is 1. The molecule has 2 bridgehead atoms. The first-order valence-electron chi connectivity index (χ1n) is 11.8. The molecule has 0 saturated carbocycles. The molecular formula is C24H25F3N6O3. The number of nitrogens with one attached hydrogen (secondary N) is 1. The normalized spacial score (nSPS) is 25.4. The average Bonchev–Trinajstić information content (AvgIpc) is 3.58. The molecule has 1 aromatic carbocycles. The van der Waals surface area contributed by atoms with Crippen LogP contribution in [0.4, 0.5) is 24.5 Å². The topological polar surface area (TPSA) is 95.2 Å². The Morgan fingerprint density at radius 3 is 2.86 bits per heavy atom. The standard InChI is InChI=1S/C24H25F3N6O3/c1-23(13-34)8-14-5-18(30-22(35)17-9-29-33-4-2-3-28-21(17)33)19(7-20(14)36-23)32-11-15-6-16(32)10-31(15)12-24(25,26)27/h2-5,7,9,15-16,34H,6,8,10-13H2,1H3,(H,30,35)/t15-,16-,23-/m1/s1. The van der Waals surface area contributed by atoms with Crippen LogP contribution in [0.1, 0.15) is 29.3 Å². The van der Waals surface area contributed by atoms with E-state index in [1.807, 2.05) is 19.1 Å². The van der Waals surface area contributed by atoms with Crippen LogP contribution in [-0.2, 0) is 6.42 Å². The lowest BCUT2D eigenvalue weighted by Crippen LogP contribution is -2.49. The van der Waals surface area contributed by atoms with Crippen molar-refractivity contribution >= 4 is 22.9 Å². The molecule has 12 heteroatoms. The van der Waals surface area contributed by atoms with Gasteiger partial charge >= 0.3 is 6.18 Å². The number of ether oxygens (including phenoxy) is 1. The van der Waals surface area contributed by atoms with Gasteiger partial charge < -0.3 is 20.1 Å². The Morgan fingerprint density at radius 2 is 2.14 bits per heavy atom. The Bertz CT molecular complexity index is 1340. The van der Waals surface area contributed by atoms with Crippen LogP contribution in [-0.4, -0.2) is 80.6 Å². The molecule has 0 radical (unpaired) electrons. The van der Waals surface area contributed by atoms with Gasteiger partial charge in [0.05, 0.1) is 30.7 Å². The van der Waals surface area contributed by atoms with Gasteiger partial charge in [0.25, 0.3) is 5.91 Å². The summed E-state index contributed by atoms with van der Waals surface area (Å²) in [6.45, 7) is 1.42. The van der Waals surface area contributed by atoms with Gasteiger partial charge in [-0.05, 0) is 25.5 Å². The van der Waals surface area contributed by atoms with Gasteiger partial charge in [-0.3, -0.25) is 9.69 Å². The van der Waals surface area contributed by atoms with Crippen LogP contribution in [0.2, 0.25) is 0 Å². The third-order valence-electron chi connectivity index (χ3n) is 7.25. The molecule has 5 heterocycles. The number of fused-ring (bicyclic) bond motifs is 4. The van der Waals surface area contributed by atoms with Crippen LogP contribution < -0.4 is 15.0 Å². The number of anilines is 2. The largest absolute Gasteiger partial charge is 0.484 e. The zero-order chi connectivity index (χ0) is 25.2. The number of amides is 1. The Kier molecular flexibility index (Phi) is 5.16. The van der Waals surface area contributed by atoms with Crippen LogP contribution in [0.3, 0.4) is 0 Å². The average molecular weight is 502 g/mol. The quantitative estimate of drug-likeness (QED) is 0.554. The minimum Gasteiger partial charge on any atom is -0.484 e. The van der Waals surface area contributed by atoms with Gasteiger partial charge in [-0.2, -0.15) is 18.3 Å². The molecule has 3 aromatic rings. The minimum absolute atomic E-state index is 0.115. The molecule has 2 N–H and O–H groups in total. The predicted octanol–water partition coefficient (Wildman–Crippen LogP) is 2.49. The predicted molar refractivity (Wildman–Crippen MR) is 124 cm³/mol. The third kappa shape index (κ3) is 3.94. The molecule has 36 heavy (non-hydrogen) atoms. The molecule has 190 valence electrons. The highest BCUT2D eigenvalue weighted by Crippen LogP contribution is 2.45. The second-order valence-corrected chi connectivity index (χ2v) is 10.0. The number of halogens is 3. The highest BCUT2D eigenvalue weighted by atomic mass is 19.4. The fourth-order valence-corrected chi connectivity index (χ4v) is 5.62. The van der Waals surface area contributed by atoms with Crippen molar-refractivity contribution in [2.24, 2.45) is 0 Å². The Balaban J connectivity index is 1.33. The van der Waals surface area contributed by atoms with Crippen molar-refractivity contribution in [1.29, 1.82) is 0 Å². The van der Waals surface area contributed by atoms with E-state index in [0.29, 0.717) is 54.3 Å². The smallest absolute Gasteiger partial charge is 0.401 e. The van der Waals surface area contributed by atoms with E-state index in [1.54, 1.807) is 18.5 Å². The second kappa shape index (κ2) is 8.07. The van der Waals surface area contributed by atoms with E-state index in [2.05, 4.69) is 20.3 Å². The van der Waals surface area contributed by atoms with Gasteiger partial charge in [0, 0.05) is 55.6 Å². The number of carbonyl (C=O) groups is 1. The summed E-state index contributed by atoms with van der Waals surface area (Å²) < 4.78 is 46.6. The van der Waals surface area contributed by atoms with E-state index in [4.69, 9.17) is 4.74 Å². The molecule has 6 rings (SSSR count). The number of aliphatic hydroxyl groups excluding tert-OH is 1. The first-order chi connectivity index (χ1) is 17.1. The number of hydrogen-bond acceptors (Lipinski definition) is 7. The molecule has 2 fully saturated rings. The number of alkyl halides is 3. The maximum absolute atomic E-state index is 13.3. The summed E-state index contributed by atoms with van der Waals surface area (Å²) in [5.41, 5.74) is 2.01. The number of rotatable bonds is 5. The number of hydrogen-bond donors (Lipinski definition) is 2. The molecule has 3 atom stereocenters. The summed E-state index contributed by atoms with van der Waals surface area (Å²) in [5.74, 6) is 0.212. The zero-order valence-electron chi connectivity index (χ0n) is 19.5. The molecule has 9 nitrogen and oxygen atoms in total. The molecule has 2 aromatic heterocycles. The van der Waals surface area contributed by atoms with E-state index < -0.39 is 24.2 Å². The Labute approximate surface area is 204 Å². The molecule has 1 amide bonds. The van der Waals surface area contributed by atoms with E-state index in [1.165, 1.54) is 15.6 Å². The Morgan fingerprint density at radius 1 is 1.31 bits per heavy atom. The summed E-state index contributed by atoms with van der Waals surface area (Å²) in [7, 11) is 0. The van der Waals surface area contributed by atoms with Crippen LogP contribution in [0, 0.1) is 0 Å². The molecule has 3 aliphatic heterocycles. The van der Waals surface area contributed by atoms with E-state index in [9.17, 15) is 23.1 Å². The van der Waals surface area contributed by atoms with Crippen LogP contribution in [0.25, 0.3) is 5.65 Å². The lowest BCUT2D eigenvalue weighted by molar-refractivity contribution is -0.148. The summed E-state index contributed by atoms with van der Waals surface area (Å²) in [6.07, 6.45) is 1.56. The summed E-state index contributed by atoms with van der Waals surface area (Å²) in [5, 5.41) is 17.0. The highest BCUT2D eigenvalue weighted by molar-refractivity contribution is 6.09. The fraction of sp³-hybridized carbons (Fsp3) is 0.458. The number of piperazine rings is 1. The maximum Gasteiger partial charge on any atom is 0.401 e. The lowest BCUT2D eigenvalue weighted by atomic mass is 9.99. The van der Waals surface area contributed by atoms with Gasteiger partial charge in [0.1, 0.15) is 16.9 Å². The maximum atomic E-state index is 13.3. The van der Waals surface area contributed by atoms with Gasteiger partial charge in [-0.25, -0.2) is 9.50 Å². The number of benzene rings is 1. The van der Waals surface area contributed by atoms with Crippen LogP contribution >= 0.6 is 0 Å². The molecule has 0 aliphatic carbocycles. The van der Waals surface area contributed by atoms with Crippen LogP contribution in [0.15, 0.2) is 36.8 Å². The molecule has 0 unspecified atom stereocenters.